The van der Waals surface area contributed by atoms with Gasteiger partial charge in [0, 0.05) is 35.8 Å². The van der Waals surface area contributed by atoms with Gasteiger partial charge in [0.1, 0.15) is 0 Å². The number of carbonyl (C=O) groups is 1. The number of fused-ring (bicyclic) bond motifs is 2. The molecule has 162 valence electrons. The normalized spacial score (nSPS) is 22.1. The molecule has 5 heterocycles. The van der Waals surface area contributed by atoms with Crippen LogP contribution >= 0.6 is 22.7 Å². The summed E-state index contributed by atoms with van der Waals surface area (Å²) in [6.07, 6.45) is 3.72. The average Bonchev–Trinajstić information content (AvgIpc) is 3.38. The smallest absolute Gasteiger partial charge is 0.255 e. The molecule has 2 aliphatic rings. The molecular weight excluding hydrogens is 452 g/mol. The highest BCUT2D eigenvalue weighted by molar-refractivity contribution is 7.91. The maximum Gasteiger partial charge on any atom is 0.255 e. The van der Waals surface area contributed by atoms with Crippen LogP contribution in [0.15, 0.2) is 23.7 Å². The third-order valence-corrected chi connectivity index (χ3v) is 9.57. The molecule has 0 aliphatic carbocycles. The van der Waals surface area contributed by atoms with Crippen LogP contribution in [0.2, 0.25) is 0 Å². The molecule has 0 saturated carbocycles. The van der Waals surface area contributed by atoms with Gasteiger partial charge < -0.3 is 4.90 Å². The zero-order valence-electron chi connectivity index (χ0n) is 17.2. The lowest BCUT2D eigenvalue weighted by Crippen LogP contribution is -2.51. The molecule has 0 spiro atoms. The standard InChI is InChI=1S/C21H22N4O3S3/c1-12-20(30-13(2)23-12)18-9-29-19(24-18)7-15-4-3-14(8-22-15)21(26)25-16-5-6-17(25)11-31(27,28)10-16/h3-4,8-9,16-17H,5-7,10-11H2,1-2H3/t16-,17+. The van der Waals surface area contributed by atoms with Crippen LogP contribution in [0.3, 0.4) is 0 Å². The molecular formula is C21H22N4O3S3. The first-order valence-corrected chi connectivity index (χ1v) is 13.7. The summed E-state index contributed by atoms with van der Waals surface area (Å²) >= 11 is 3.24. The maximum atomic E-state index is 13.0. The minimum absolute atomic E-state index is 0.0753. The number of aryl methyl sites for hydroxylation is 2. The molecule has 2 saturated heterocycles. The summed E-state index contributed by atoms with van der Waals surface area (Å²) in [4.78, 5) is 29.6. The molecule has 0 N–H and O–H groups in total. The second kappa shape index (κ2) is 7.75. The molecule has 0 aromatic carbocycles. The zero-order chi connectivity index (χ0) is 21.8. The van der Waals surface area contributed by atoms with E-state index in [2.05, 4.69) is 9.97 Å². The van der Waals surface area contributed by atoms with E-state index >= 15 is 0 Å². The molecule has 3 aromatic rings. The summed E-state index contributed by atoms with van der Waals surface area (Å²) in [5, 5.41) is 4.04. The number of carbonyl (C=O) groups excluding carboxylic acids is 1. The number of pyridine rings is 1. The largest absolute Gasteiger partial charge is 0.331 e. The molecule has 0 unspecified atom stereocenters. The molecule has 7 nitrogen and oxygen atoms in total. The number of nitrogens with zero attached hydrogens (tertiary/aromatic N) is 4. The van der Waals surface area contributed by atoms with Crippen LogP contribution in [0.4, 0.5) is 0 Å². The SMILES string of the molecule is Cc1nc(C)c(-c2csc(Cc3ccc(C(=O)N4[C@@H]5CC[C@H]4CS(=O)(=O)C5)cn3)n2)s1. The number of thiazole rings is 2. The Hall–Kier alpha value is -2.17. The highest BCUT2D eigenvalue weighted by Crippen LogP contribution is 2.33. The van der Waals surface area contributed by atoms with Crippen molar-refractivity contribution in [2.75, 3.05) is 11.5 Å². The van der Waals surface area contributed by atoms with Crippen LogP contribution in [0, 0.1) is 13.8 Å². The van der Waals surface area contributed by atoms with Crippen molar-refractivity contribution in [2.24, 2.45) is 0 Å². The van der Waals surface area contributed by atoms with Crippen LogP contribution in [0.1, 0.15) is 44.6 Å². The van der Waals surface area contributed by atoms with Gasteiger partial charge in [0.2, 0.25) is 0 Å². The van der Waals surface area contributed by atoms with Crippen molar-refractivity contribution in [1.82, 2.24) is 19.9 Å². The third-order valence-electron chi connectivity index (χ3n) is 5.84. The Morgan fingerprint density at radius 3 is 2.52 bits per heavy atom. The van der Waals surface area contributed by atoms with Gasteiger partial charge in [-0.25, -0.2) is 18.4 Å². The number of hydrogen-bond donors (Lipinski definition) is 0. The Balaban J connectivity index is 1.29. The molecule has 0 radical (unpaired) electrons. The van der Waals surface area contributed by atoms with Crippen molar-refractivity contribution in [3.05, 3.63) is 50.7 Å². The van der Waals surface area contributed by atoms with E-state index in [0.717, 1.165) is 44.8 Å². The second-order valence-corrected chi connectivity index (χ2v) is 12.5. The van der Waals surface area contributed by atoms with Gasteiger partial charge in [-0.05, 0) is 38.8 Å². The van der Waals surface area contributed by atoms with Gasteiger partial charge in [-0.1, -0.05) is 0 Å². The van der Waals surface area contributed by atoms with Gasteiger partial charge >= 0.3 is 0 Å². The van der Waals surface area contributed by atoms with Gasteiger partial charge in [-0.3, -0.25) is 9.78 Å². The summed E-state index contributed by atoms with van der Waals surface area (Å²) < 4.78 is 24.0. The Labute approximate surface area is 189 Å². The highest BCUT2D eigenvalue weighted by atomic mass is 32.2. The molecule has 2 bridgehead atoms. The van der Waals surface area contributed by atoms with Crippen LogP contribution in [0.25, 0.3) is 10.6 Å². The van der Waals surface area contributed by atoms with Crippen molar-refractivity contribution < 1.29 is 13.2 Å². The number of sulfone groups is 1. The van der Waals surface area contributed by atoms with Gasteiger partial charge in [0.05, 0.1) is 43.3 Å². The van der Waals surface area contributed by atoms with Crippen molar-refractivity contribution >= 4 is 38.4 Å². The molecule has 2 aliphatic heterocycles. The van der Waals surface area contributed by atoms with Crippen LogP contribution in [-0.4, -0.2) is 57.8 Å². The van der Waals surface area contributed by atoms with Crippen molar-refractivity contribution in [3.63, 3.8) is 0 Å². The Morgan fingerprint density at radius 2 is 1.90 bits per heavy atom. The van der Waals surface area contributed by atoms with Crippen LogP contribution in [-0.2, 0) is 16.3 Å². The predicted octanol–water partition coefficient (Wildman–Crippen LogP) is 3.27. The minimum atomic E-state index is -3.05. The number of hydrogen-bond acceptors (Lipinski definition) is 8. The van der Waals surface area contributed by atoms with Crippen LogP contribution < -0.4 is 0 Å². The van der Waals surface area contributed by atoms with Gasteiger partial charge in [-0.2, -0.15) is 0 Å². The molecule has 3 aromatic heterocycles. The summed E-state index contributed by atoms with van der Waals surface area (Å²) in [6.45, 7) is 3.99. The Morgan fingerprint density at radius 1 is 1.16 bits per heavy atom. The summed E-state index contributed by atoms with van der Waals surface area (Å²) in [7, 11) is -3.05. The predicted molar refractivity (Wildman–Crippen MR) is 121 cm³/mol. The zero-order valence-corrected chi connectivity index (χ0v) is 19.7. The fourth-order valence-electron chi connectivity index (χ4n) is 4.50. The minimum Gasteiger partial charge on any atom is -0.331 e. The van der Waals surface area contributed by atoms with E-state index in [1.165, 1.54) is 0 Å². The van der Waals surface area contributed by atoms with E-state index in [0.29, 0.717) is 12.0 Å². The quantitative estimate of drug-likeness (QED) is 0.576. The summed E-state index contributed by atoms with van der Waals surface area (Å²) in [6, 6.07) is 3.24. The fraction of sp³-hybridized carbons (Fsp3) is 0.429. The van der Waals surface area contributed by atoms with E-state index in [9.17, 15) is 13.2 Å². The van der Waals surface area contributed by atoms with Crippen LogP contribution in [0.5, 0.6) is 0 Å². The molecule has 10 heteroatoms. The first-order valence-electron chi connectivity index (χ1n) is 10.2. The first kappa shape index (κ1) is 20.7. The molecule has 5 rings (SSSR count). The highest BCUT2D eigenvalue weighted by Gasteiger charge is 2.45. The Kier molecular flexibility index (Phi) is 5.18. The van der Waals surface area contributed by atoms with Gasteiger partial charge in [0.15, 0.2) is 9.84 Å². The van der Waals surface area contributed by atoms with Gasteiger partial charge in [-0.15, -0.1) is 22.7 Å². The second-order valence-electron chi connectivity index (χ2n) is 8.16. The van der Waals surface area contributed by atoms with E-state index in [4.69, 9.17) is 4.98 Å². The first-order chi connectivity index (χ1) is 14.8. The van der Waals surface area contributed by atoms with Crippen molar-refractivity contribution in [2.45, 2.75) is 45.2 Å². The molecule has 1 amide bonds. The van der Waals surface area contributed by atoms with Gasteiger partial charge in [0.25, 0.3) is 5.91 Å². The molecule has 31 heavy (non-hydrogen) atoms. The lowest BCUT2D eigenvalue weighted by atomic mass is 10.2. The average molecular weight is 475 g/mol. The van der Waals surface area contributed by atoms with E-state index in [1.54, 1.807) is 39.8 Å². The van der Waals surface area contributed by atoms with Crippen molar-refractivity contribution in [3.8, 4) is 10.6 Å². The molecule has 2 fully saturated rings. The summed E-state index contributed by atoms with van der Waals surface area (Å²) in [5.74, 6) is 0.0339. The Bertz CT molecular complexity index is 1230. The topological polar surface area (TPSA) is 93.1 Å². The lowest BCUT2D eigenvalue weighted by molar-refractivity contribution is 0.0687. The van der Waals surface area contributed by atoms with Crippen molar-refractivity contribution in [1.29, 1.82) is 0 Å². The third kappa shape index (κ3) is 4.04. The number of rotatable bonds is 4. The maximum absolute atomic E-state index is 13.0. The lowest BCUT2D eigenvalue weighted by Gasteiger charge is -2.34. The molecule has 2 atom stereocenters. The summed E-state index contributed by atoms with van der Waals surface area (Å²) in [5.41, 5.74) is 3.31. The monoisotopic (exact) mass is 474 g/mol. The van der Waals surface area contributed by atoms with E-state index in [1.807, 2.05) is 25.3 Å². The van der Waals surface area contributed by atoms with E-state index in [-0.39, 0.29) is 29.5 Å². The number of amides is 1. The fourth-order valence-corrected chi connectivity index (χ4v) is 8.22. The van der Waals surface area contributed by atoms with E-state index < -0.39 is 9.84 Å². The number of aromatic nitrogens is 3.